The molecule has 0 aliphatic carbocycles. The first kappa shape index (κ1) is 14.0. The molecular formula is C13H29N. The number of hydrogen-bond donors (Lipinski definition) is 1. The maximum Gasteiger partial charge on any atom is -0.00463 e. The topological polar surface area (TPSA) is 12.0 Å². The quantitative estimate of drug-likeness (QED) is 0.525. The molecule has 0 spiro atoms. The van der Waals surface area contributed by atoms with Crippen LogP contribution >= 0.6 is 0 Å². The smallest absolute Gasteiger partial charge is 0.00463 e. The van der Waals surface area contributed by atoms with E-state index in [2.05, 4.69) is 26.1 Å². The molecule has 1 heteroatoms. The van der Waals surface area contributed by atoms with Crippen LogP contribution in [0.3, 0.4) is 0 Å². The minimum atomic E-state index is 0.964. The third kappa shape index (κ3) is 8.55. The Bertz CT molecular complexity index is 101. The molecule has 0 aromatic rings. The monoisotopic (exact) mass is 199 g/mol. The first-order valence-electron chi connectivity index (χ1n) is 6.55. The Labute approximate surface area is 90.7 Å². The Hall–Kier alpha value is -0.0400. The zero-order chi connectivity index (χ0) is 10.6. The van der Waals surface area contributed by atoms with Gasteiger partial charge in [-0.05, 0) is 31.8 Å². The molecule has 0 saturated carbocycles. The van der Waals surface area contributed by atoms with Gasteiger partial charge in [-0.15, -0.1) is 0 Å². The van der Waals surface area contributed by atoms with E-state index in [0.29, 0.717) is 0 Å². The van der Waals surface area contributed by atoms with Gasteiger partial charge in [-0.2, -0.15) is 0 Å². The zero-order valence-electron chi connectivity index (χ0n) is 10.4. The molecule has 1 nitrogen and oxygen atoms in total. The van der Waals surface area contributed by atoms with E-state index in [0.717, 1.165) is 5.92 Å². The van der Waals surface area contributed by atoms with Gasteiger partial charge in [-0.3, -0.25) is 0 Å². The molecule has 86 valence electrons. The molecular weight excluding hydrogens is 170 g/mol. The molecule has 0 aromatic carbocycles. The number of unbranched alkanes of at least 4 members (excludes halogenated alkanes) is 2. The Morgan fingerprint density at radius 1 is 0.857 bits per heavy atom. The van der Waals surface area contributed by atoms with E-state index < -0.39 is 0 Å². The van der Waals surface area contributed by atoms with Gasteiger partial charge < -0.3 is 5.32 Å². The van der Waals surface area contributed by atoms with Gasteiger partial charge in [-0.1, -0.05) is 52.9 Å². The highest BCUT2D eigenvalue weighted by atomic mass is 14.8. The summed E-state index contributed by atoms with van der Waals surface area (Å²) in [5.74, 6) is 0.964. The fourth-order valence-electron chi connectivity index (χ4n) is 1.84. The highest BCUT2D eigenvalue weighted by molar-refractivity contribution is 4.59. The van der Waals surface area contributed by atoms with E-state index in [1.165, 1.54) is 58.0 Å². The van der Waals surface area contributed by atoms with Crippen molar-refractivity contribution in [3.63, 3.8) is 0 Å². The lowest BCUT2D eigenvalue weighted by molar-refractivity contribution is 0.405. The summed E-state index contributed by atoms with van der Waals surface area (Å²) >= 11 is 0. The van der Waals surface area contributed by atoms with E-state index in [1.807, 2.05) is 0 Å². The van der Waals surface area contributed by atoms with Crippen LogP contribution in [0, 0.1) is 5.92 Å². The average molecular weight is 199 g/mol. The van der Waals surface area contributed by atoms with Crippen molar-refractivity contribution < 1.29 is 0 Å². The molecule has 0 bridgehead atoms. The minimum absolute atomic E-state index is 0.964. The van der Waals surface area contributed by atoms with Crippen LogP contribution in [0.1, 0.15) is 65.7 Å². The second-order valence-corrected chi connectivity index (χ2v) is 4.31. The Morgan fingerprint density at radius 3 is 2.21 bits per heavy atom. The largest absolute Gasteiger partial charge is 0.317 e. The number of rotatable bonds is 10. The molecule has 1 N–H and O–H groups in total. The van der Waals surface area contributed by atoms with Crippen LogP contribution in [0.25, 0.3) is 0 Å². The molecule has 0 amide bonds. The van der Waals surface area contributed by atoms with E-state index in [9.17, 15) is 0 Å². The molecule has 0 aliphatic rings. The van der Waals surface area contributed by atoms with Crippen molar-refractivity contribution in [1.29, 1.82) is 0 Å². The van der Waals surface area contributed by atoms with Crippen LogP contribution in [-0.2, 0) is 0 Å². The maximum atomic E-state index is 3.49. The Morgan fingerprint density at radius 2 is 1.64 bits per heavy atom. The predicted molar refractivity (Wildman–Crippen MR) is 65.7 cm³/mol. The fraction of sp³-hybridized carbons (Fsp3) is 1.00. The van der Waals surface area contributed by atoms with Crippen molar-refractivity contribution in [2.45, 2.75) is 65.7 Å². The number of nitrogens with one attached hydrogen (secondary N) is 1. The van der Waals surface area contributed by atoms with Gasteiger partial charge in [-0.25, -0.2) is 0 Å². The SMILES string of the molecule is CCCCC[C@H](CC)CCNCCC. The zero-order valence-corrected chi connectivity index (χ0v) is 10.4. The van der Waals surface area contributed by atoms with Crippen molar-refractivity contribution in [2.24, 2.45) is 5.92 Å². The molecule has 0 radical (unpaired) electrons. The maximum absolute atomic E-state index is 3.49. The average Bonchev–Trinajstić information content (AvgIpc) is 2.22. The summed E-state index contributed by atoms with van der Waals surface area (Å²) < 4.78 is 0. The van der Waals surface area contributed by atoms with Gasteiger partial charge >= 0.3 is 0 Å². The molecule has 14 heavy (non-hydrogen) atoms. The van der Waals surface area contributed by atoms with Gasteiger partial charge in [0, 0.05) is 0 Å². The van der Waals surface area contributed by atoms with Crippen molar-refractivity contribution in [3.8, 4) is 0 Å². The van der Waals surface area contributed by atoms with E-state index >= 15 is 0 Å². The first-order chi connectivity index (χ1) is 6.85. The van der Waals surface area contributed by atoms with E-state index in [4.69, 9.17) is 0 Å². The molecule has 0 aliphatic heterocycles. The summed E-state index contributed by atoms with van der Waals surface area (Å²) in [4.78, 5) is 0. The van der Waals surface area contributed by atoms with Crippen LogP contribution < -0.4 is 5.32 Å². The van der Waals surface area contributed by atoms with Crippen LogP contribution in [-0.4, -0.2) is 13.1 Å². The highest BCUT2D eigenvalue weighted by Crippen LogP contribution is 2.16. The highest BCUT2D eigenvalue weighted by Gasteiger charge is 2.04. The van der Waals surface area contributed by atoms with Crippen molar-refractivity contribution >= 4 is 0 Å². The van der Waals surface area contributed by atoms with Gasteiger partial charge in [0.1, 0.15) is 0 Å². The van der Waals surface area contributed by atoms with Crippen LogP contribution in [0.15, 0.2) is 0 Å². The van der Waals surface area contributed by atoms with Gasteiger partial charge in [0.15, 0.2) is 0 Å². The van der Waals surface area contributed by atoms with Crippen molar-refractivity contribution in [3.05, 3.63) is 0 Å². The van der Waals surface area contributed by atoms with Crippen molar-refractivity contribution in [1.82, 2.24) is 5.32 Å². The lowest BCUT2D eigenvalue weighted by atomic mass is 9.95. The third-order valence-corrected chi connectivity index (χ3v) is 2.95. The molecule has 0 fully saturated rings. The molecule has 0 aromatic heterocycles. The molecule has 0 rings (SSSR count). The second kappa shape index (κ2) is 11.0. The van der Waals surface area contributed by atoms with Gasteiger partial charge in [0.25, 0.3) is 0 Å². The fourth-order valence-corrected chi connectivity index (χ4v) is 1.84. The summed E-state index contributed by atoms with van der Waals surface area (Å²) in [7, 11) is 0. The van der Waals surface area contributed by atoms with Crippen LogP contribution in [0.2, 0.25) is 0 Å². The summed E-state index contributed by atoms with van der Waals surface area (Å²) in [6, 6.07) is 0. The third-order valence-electron chi connectivity index (χ3n) is 2.95. The first-order valence-corrected chi connectivity index (χ1v) is 6.55. The minimum Gasteiger partial charge on any atom is -0.317 e. The second-order valence-electron chi connectivity index (χ2n) is 4.31. The van der Waals surface area contributed by atoms with Crippen LogP contribution in [0.4, 0.5) is 0 Å². The lowest BCUT2D eigenvalue weighted by Gasteiger charge is -2.14. The van der Waals surface area contributed by atoms with Gasteiger partial charge in [0.05, 0.1) is 0 Å². The normalized spacial score (nSPS) is 13.1. The van der Waals surface area contributed by atoms with Crippen LogP contribution in [0.5, 0.6) is 0 Å². The predicted octanol–water partition coefficient (Wildman–Crippen LogP) is 3.98. The lowest BCUT2D eigenvalue weighted by Crippen LogP contribution is -2.18. The summed E-state index contributed by atoms with van der Waals surface area (Å²) in [6.07, 6.45) is 9.63. The summed E-state index contributed by atoms with van der Waals surface area (Å²) in [5, 5.41) is 3.49. The molecule has 0 heterocycles. The van der Waals surface area contributed by atoms with E-state index in [1.54, 1.807) is 0 Å². The van der Waals surface area contributed by atoms with Crippen molar-refractivity contribution in [2.75, 3.05) is 13.1 Å². The van der Waals surface area contributed by atoms with E-state index in [-0.39, 0.29) is 0 Å². The Kier molecular flexibility index (Phi) is 11.0. The standard InChI is InChI=1S/C13H29N/c1-4-7-8-9-13(6-3)10-12-14-11-5-2/h13-14H,4-12H2,1-3H3/t13-/m0/s1. The summed E-state index contributed by atoms with van der Waals surface area (Å²) in [5.41, 5.74) is 0. The molecule has 0 unspecified atom stereocenters. The van der Waals surface area contributed by atoms with Gasteiger partial charge in [0.2, 0.25) is 0 Å². The number of hydrogen-bond acceptors (Lipinski definition) is 1. The molecule has 0 saturated heterocycles. The Balaban J connectivity index is 3.28. The summed E-state index contributed by atoms with van der Waals surface area (Å²) in [6.45, 7) is 9.25. The molecule has 1 atom stereocenters.